The molecule has 0 saturated carbocycles. The van der Waals surface area contributed by atoms with E-state index < -0.39 is 21.8 Å². The van der Waals surface area contributed by atoms with Crippen LogP contribution in [0.15, 0.2) is 54.6 Å². The van der Waals surface area contributed by atoms with Crippen LogP contribution >= 0.6 is 0 Å². The predicted octanol–water partition coefficient (Wildman–Crippen LogP) is 3.62. The van der Waals surface area contributed by atoms with Crippen molar-refractivity contribution in [2.45, 2.75) is 25.3 Å². The molecule has 24 heavy (non-hydrogen) atoms. The van der Waals surface area contributed by atoms with E-state index in [2.05, 4.69) is 0 Å². The Morgan fingerprint density at radius 3 is 2.29 bits per heavy atom. The largest absolute Gasteiger partial charge is 0.294 e. The monoisotopic (exact) mass is 328 g/mol. The number of hydrogen-bond acceptors (Lipinski definition) is 5. The van der Waals surface area contributed by atoms with E-state index in [0.717, 1.165) is 0 Å². The van der Waals surface area contributed by atoms with Crippen LogP contribution in [0, 0.1) is 20.2 Å². The van der Waals surface area contributed by atoms with Crippen LogP contribution in [-0.4, -0.2) is 21.7 Å². The highest BCUT2D eigenvalue weighted by atomic mass is 16.6. The van der Waals surface area contributed by atoms with Crippen molar-refractivity contribution in [3.8, 4) is 0 Å². The fourth-order valence-corrected chi connectivity index (χ4v) is 2.52. The molecule has 7 nitrogen and oxygen atoms in total. The van der Waals surface area contributed by atoms with Crippen molar-refractivity contribution in [1.29, 1.82) is 0 Å². The Hall–Kier alpha value is -3.09. The number of ketones is 1. The summed E-state index contributed by atoms with van der Waals surface area (Å²) in [5.41, 5.74) is 0.723. The molecule has 0 saturated heterocycles. The Morgan fingerprint density at radius 2 is 1.71 bits per heavy atom. The molecule has 124 valence electrons. The summed E-state index contributed by atoms with van der Waals surface area (Å²) in [5, 5.41) is 22.1. The average Bonchev–Trinajstić information content (AvgIpc) is 2.59. The number of Topliss-reactive ketones (excluding diaryl/α,β-unsaturated/α-hetero) is 1. The molecule has 7 heteroatoms. The molecule has 2 atom stereocenters. The molecule has 0 spiro atoms. The Bertz CT molecular complexity index is 761. The van der Waals surface area contributed by atoms with Crippen LogP contribution in [0.4, 0.5) is 5.69 Å². The van der Waals surface area contributed by atoms with Gasteiger partial charge in [-0.1, -0.05) is 42.5 Å². The Kier molecular flexibility index (Phi) is 5.36. The van der Waals surface area contributed by atoms with Crippen molar-refractivity contribution in [3.05, 3.63) is 86.0 Å². The van der Waals surface area contributed by atoms with Crippen LogP contribution < -0.4 is 0 Å². The smallest absolute Gasteiger partial charge is 0.269 e. The fraction of sp³-hybridized carbons (Fsp3) is 0.235. The molecular formula is C17H16N2O5. The molecule has 0 amide bonds. The zero-order valence-corrected chi connectivity index (χ0v) is 13.0. The summed E-state index contributed by atoms with van der Waals surface area (Å²) in [4.78, 5) is 33.5. The van der Waals surface area contributed by atoms with Crippen molar-refractivity contribution in [2.24, 2.45) is 0 Å². The molecule has 0 aliphatic heterocycles. The van der Waals surface area contributed by atoms with Gasteiger partial charge in [0.05, 0.1) is 10.8 Å². The average molecular weight is 328 g/mol. The number of carbonyl (C=O) groups is 1. The predicted molar refractivity (Wildman–Crippen MR) is 87.7 cm³/mol. The topological polar surface area (TPSA) is 103 Å². The summed E-state index contributed by atoms with van der Waals surface area (Å²) in [5.74, 6) is -0.978. The zero-order valence-electron chi connectivity index (χ0n) is 13.0. The van der Waals surface area contributed by atoms with Crippen LogP contribution in [0.25, 0.3) is 0 Å². The minimum atomic E-state index is -1.04. The van der Waals surface area contributed by atoms with Gasteiger partial charge in [0.2, 0.25) is 6.04 Å². The lowest BCUT2D eigenvalue weighted by atomic mass is 9.86. The summed E-state index contributed by atoms with van der Waals surface area (Å²) in [6.45, 7) is 1.40. The standard InChI is InChI=1S/C17H16N2O5/c1-12(18(21)22)16(11-17(20)13-6-3-2-4-7-13)14-8-5-9-15(10-14)19(23)24/h2-10,12,16H,11H2,1H3/t12-,16+/m0/s1. The third-order valence-corrected chi connectivity index (χ3v) is 3.93. The van der Waals surface area contributed by atoms with Crippen LogP contribution in [0.2, 0.25) is 0 Å². The Morgan fingerprint density at radius 1 is 1.04 bits per heavy atom. The van der Waals surface area contributed by atoms with Gasteiger partial charge in [0, 0.05) is 36.0 Å². The SMILES string of the molecule is C[C@@H]([C@@H](CC(=O)c1ccccc1)c1cccc([N+](=O)[O-])c1)[N+](=O)[O-]. The number of rotatable bonds is 7. The molecule has 2 aromatic carbocycles. The van der Waals surface area contributed by atoms with Gasteiger partial charge < -0.3 is 0 Å². The van der Waals surface area contributed by atoms with Gasteiger partial charge in [0.1, 0.15) is 0 Å². The summed E-state index contributed by atoms with van der Waals surface area (Å²) >= 11 is 0. The molecule has 0 radical (unpaired) electrons. The van der Waals surface area contributed by atoms with Gasteiger partial charge in [0.15, 0.2) is 5.78 Å². The number of non-ortho nitro benzene ring substituents is 1. The highest BCUT2D eigenvalue weighted by Crippen LogP contribution is 2.29. The van der Waals surface area contributed by atoms with Crippen molar-refractivity contribution in [2.75, 3.05) is 0 Å². The minimum Gasteiger partial charge on any atom is -0.294 e. The van der Waals surface area contributed by atoms with Crippen LogP contribution in [0.5, 0.6) is 0 Å². The van der Waals surface area contributed by atoms with Crippen molar-refractivity contribution in [3.63, 3.8) is 0 Å². The number of hydrogen-bond donors (Lipinski definition) is 0. The van der Waals surface area contributed by atoms with Crippen molar-refractivity contribution >= 4 is 11.5 Å². The molecule has 0 aliphatic rings. The van der Waals surface area contributed by atoms with Crippen LogP contribution in [-0.2, 0) is 0 Å². The van der Waals surface area contributed by atoms with E-state index in [9.17, 15) is 25.0 Å². The quantitative estimate of drug-likeness (QED) is 0.438. The molecule has 2 aromatic rings. The highest BCUT2D eigenvalue weighted by Gasteiger charge is 2.31. The molecule has 2 rings (SSSR count). The van der Waals surface area contributed by atoms with Gasteiger partial charge in [-0.25, -0.2) is 0 Å². The van der Waals surface area contributed by atoms with Gasteiger partial charge in [0.25, 0.3) is 5.69 Å². The number of carbonyl (C=O) groups excluding carboxylic acids is 1. The van der Waals surface area contributed by atoms with E-state index in [1.807, 2.05) is 0 Å². The van der Waals surface area contributed by atoms with Crippen molar-refractivity contribution in [1.82, 2.24) is 0 Å². The molecule has 0 N–H and O–H groups in total. The first kappa shape index (κ1) is 17.3. The molecule has 0 fully saturated rings. The van der Waals surface area contributed by atoms with Crippen molar-refractivity contribution < 1.29 is 14.6 Å². The van der Waals surface area contributed by atoms with Gasteiger partial charge in [-0.2, -0.15) is 0 Å². The number of nitro benzene ring substituents is 1. The maximum atomic E-state index is 12.4. The second kappa shape index (κ2) is 7.45. The Balaban J connectivity index is 2.35. The fourth-order valence-electron chi connectivity index (χ4n) is 2.52. The summed E-state index contributed by atoms with van der Waals surface area (Å²) in [6, 6.07) is 13.1. The van der Waals surface area contributed by atoms with E-state index >= 15 is 0 Å². The Labute approximate surface area is 138 Å². The third-order valence-electron chi connectivity index (χ3n) is 3.93. The molecular weight excluding hydrogens is 312 g/mol. The summed E-state index contributed by atoms with van der Waals surface area (Å²) < 4.78 is 0. The molecule has 0 heterocycles. The van der Waals surface area contributed by atoms with E-state index in [0.29, 0.717) is 11.1 Å². The molecule has 0 aliphatic carbocycles. The maximum absolute atomic E-state index is 12.4. The normalized spacial score (nSPS) is 13.0. The first-order valence-electron chi connectivity index (χ1n) is 7.36. The number of benzene rings is 2. The zero-order chi connectivity index (χ0) is 17.7. The lowest BCUT2D eigenvalue weighted by molar-refractivity contribution is -0.522. The summed E-state index contributed by atoms with van der Waals surface area (Å²) in [7, 11) is 0. The maximum Gasteiger partial charge on any atom is 0.269 e. The van der Waals surface area contributed by atoms with Crippen LogP contribution in [0.3, 0.4) is 0 Å². The lowest BCUT2D eigenvalue weighted by Crippen LogP contribution is -2.26. The van der Waals surface area contributed by atoms with Gasteiger partial charge in [-0.15, -0.1) is 0 Å². The van der Waals surface area contributed by atoms with E-state index in [-0.39, 0.29) is 17.9 Å². The molecule has 0 unspecified atom stereocenters. The second-order valence-corrected chi connectivity index (χ2v) is 5.48. The first-order valence-corrected chi connectivity index (χ1v) is 7.36. The first-order chi connectivity index (χ1) is 11.4. The highest BCUT2D eigenvalue weighted by molar-refractivity contribution is 5.96. The van der Waals surface area contributed by atoms with Gasteiger partial charge in [-0.05, 0) is 5.56 Å². The number of nitro groups is 2. The third kappa shape index (κ3) is 4.01. The number of nitrogens with zero attached hydrogens (tertiary/aromatic N) is 2. The van der Waals surface area contributed by atoms with Gasteiger partial charge in [-0.3, -0.25) is 25.0 Å². The van der Waals surface area contributed by atoms with Crippen LogP contribution in [0.1, 0.15) is 35.2 Å². The lowest BCUT2D eigenvalue weighted by Gasteiger charge is -2.18. The summed E-state index contributed by atoms with van der Waals surface area (Å²) in [6.07, 6.45) is -0.0900. The second-order valence-electron chi connectivity index (χ2n) is 5.48. The van der Waals surface area contributed by atoms with Gasteiger partial charge >= 0.3 is 0 Å². The van der Waals surface area contributed by atoms with E-state index in [1.165, 1.54) is 25.1 Å². The molecule has 0 aromatic heterocycles. The van der Waals surface area contributed by atoms with E-state index in [1.54, 1.807) is 36.4 Å². The minimum absolute atomic E-state index is 0.0900. The van der Waals surface area contributed by atoms with E-state index in [4.69, 9.17) is 0 Å². The molecule has 0 bridgehead atoms.